The number of benzene rings is 3. The van der Waals surface area contributed by atoms with Gasteiger partial charge in [0.15, 0.2) is 0 Å². The predicted octanol–water partition coefficient (Wildman–Crippen LogP) is 5.74. The van der Waals surface area contributed by atoms with E-state index in [1.807, 2.05) is 54.6 Å². The number of rotatable bonds is 5. The van der Waals surface area contributed by atoms with Crippen molar-refractivity contribution in [2.45, 2.75) is 0 Å². The van der Waals surface area contributed by atoms with Crippen molar-refractivity contribution in [3.63, 3.8) is 0 Å². The van der Waals surface area contributed by atoms with Gasteiger partial charge in [0.25, 0.3) is 5.91 Å². The first-order chi connectivity index (χ1) is 13.2. The van der Waals surface area contributed by atoms with E-state index in [1.54, 1.807) is 29.5 Å². The number of nitrogens with zero attached hydrogens (tertiary/aromatic N) is 1. The van der Waals surface area contributed by atoms with Crippen LogP contribution in [0.15, 0.2) is 85.6 Å². The van der Waals surface area contributed by atoms with E-state index < -0.39 is 0 Å². The summed E-state index contributed by atoms with van der Waals surface area (Å²) in [6, 6.07) is 22.6. The van der Waals surface area contributed by atoms with Gasteiger partial charge in [0.05, 0.1) is 22.0 Å². The standard InChI is InChI=1S/C22H16N2O2S/c1-2-26-19-14-16(23-21(25)15-8-4-3-5-9-15)12-13-17(19)22-24-18-10-6-7-11-20(18)27-22/h2-14H,1H2,(H,23,25). The maximum absolute atomic E-state index is 12.4. The number of thiazole rings is 1. The zero-order valence-corrected chi connectivity index (χ0v) is 15.2. The van der Waals surface area contributed by atoms with Crippen LogP contribution in [0.5, 0.6) is 5.75 Å². The van der Waals surface area contributed by atoms with Gasteiger partial charge in [-0.15, -0.1) is 11.3 Å². The van der Waals surface area contributed by atoms with Crippen LogP contribution >= 0.6 is 11.3 Å². The first-order valence-corrected chi connectivity index (χ1v) is 9.20. The summed E-state index contributed by atoms with van der Waals surface area (Å²) >= 11 is 1.59. The molecule has 0 bridgehead atoms. The van der Waals surface area contributed by atoms with Crippen LogP contribution in [-0.2, 0) is 0 Å². The van der Waals surface area contributed by atoms with Gasteiger partial charge in [-0.1, -0.05) is 36.9 Å². The fraction of sp³-hybridized carbons (Fsp3) is 0. The van der Waals surface area contributed by atoms with Gasteiger partial charge in [-0.3, -0.25) is 4.79 Å². The molecule has 0 saturated heterocycles. The number of hydrogen-bond acceptors (Lipinski definition) is 4. The van der Waals surface area contributed by atoms with Crippen LogP contribution in [-0.4, -0.2) is 10.9 Å². The van der Waals surface area contributed by atoms with Gasteiger partial charge in [-0.25, -0.2) is 4.98 Å². The number of fused-ring (bicyclic) bond motifs is 1. The number of ether oxygens (including phenoxy) is 1. The summed E-state index contributed by atoms with van der Waals surface area (Å²) in [5.74, 6) is 0.419. The zero-order valence-electron chi connectivity index (χ0n) is 14.4. The Kier molecular flexibility index (Phi) is 4.68. The normalized spacial score (nSPS) is 10.5. The van der Waals surface area contributed by atoms with Gasteiger partial charge < -0.3 is 10.1 Å². The van der Waals surface area contributed by atoms with Gasteiger partial charge >= 0.3 is 0 Å². The number of hydrogen-bond donors (Lipinski definition) is 1. The van der Waals surface area contributed by atoms with E-state index in [2.05, 4.69) is 16.9 Å². The Bertz CT molecular complexity index is 1090. The maximum Gasteiger partial charge on any atom is 0.255 e. The van der Waals surface area contributed by atoms with Gasteiger partial charge in [0.1, 0.15) is 10.8 Å². The molecule has 1 heterocycles. The minimum atomic E-state index is -0.173. The molecule has 0 aliphatic carbocycles. The van der Waals surface area contributed by atoms with E-state index >= 15 is 0 Å². The van der Waals surface area contributed by atoms with Crippen molar-refractivity contribution in [3.05, 3.63) is 91.2 Å². The Balaban J connectivity index is 1.67. The second kappa shape index (κ2) is 7.43. The quantitative estimate of drug-likeness (QED) is 0.455. The lowest BCUT2D eigenvalue weighted by Crippen LogP contribution is -2.11. The lowest BCUT2D eigenvalue weighted by Gasteiger charge is -2.10. The summed E-state index contributed by atoms with van der Waals surface area (Å²) in [5, 5.41) is 3.75. The Morgan fingerprint density at radius 1 is 1.04 bits per heavy atom. The maximum atomic E-state index is 12.4. The number of aromatic nitrogens is 1. The predicted molar refractivity (Wildman–Crippen MR) is 110 cm³/mol. The van der Waals surface area contributed by atoms with Crippen molar-refractivity contribution in [2.24, 2.45) is 0 Å². The molecule has 0 spiro atoms. The van der Waals surface area contributed by atoms with Crippen molar-refractivity contribution >= 4 is 33.1 Å². The molecule has 132 valence electrons. The Morgan fingerprint density at radius 3 is 2.59 bits per heavy atom. The van der Waals surface area contributed by atoms with Crippen LogP contribution in [0.25, 0.3) is 20.8 Å². The first kappa shape index (κ1) is 17.0. The first-order valence-electron chi connectivity index (χ1n) is 8.38. The Labute approximate surface area is 160 Å². The highest BCUT2D eigenvalue weighted by atomic mass is 32.1. The Morgan fingerprint density at radius 2 is 1.81 bits per heavy atom. The van der Waals surface area contributed by atoms with E-state index in [1.165, 1.54) is 6.26 Å². The van der Waals surface area contributed by atoms with E-state index in [0.717, 1.165) is 20.8 Å². The molecule has 0 radical (unpaired) electrons. The van der Waals surface area contributed by atoms with Gasteiger partial charge in [0.2, 0.25) is 0 Å². The molecule has 4 aromatic rings. The fourth-order valence-electron chi connectivity index (χ4n) is 2.74. The van der Waals surface area contributed by atoms with Crippen molar-refractivity contribution in [3.8, 4) is 16.3 Å². The molecule has 4 nitrogen and oxygen atoms in total. The highest BCUT2D eigenvalue weighted by molar-refractivity contribution is 7.21. The zero-order chi connectivity index (χ0) is 18.6. The minimum absolute atomic E-state index is 0.173. The number of carbonyl (C=O) groups excluding carboxylic acids is 1. The number of para-hydroxylation sites is 1. The summed E-state index contributed by atoms with van der Waals surface area (Å²) in [7, 11) is 0. The largest absolute Gasteiger partial charge is 0.465 e. The highest BCUT2D eigenvalue weighted by Crippen LogP contribution is 2.37. The van der Waals surface area contributed by atoms with Crippen molar-refractivity contribution < 1.29 is 9.53 Å². The summed E-state index contributed by atoms with van der Waals surface area (Å²) in [5.41, 5.74) is 3.04. The van der Waals surface area contributed by atoms with Gasteiger partial charge in [-0.05, 0) is 36.4 Å². The topological polar surface area (TPSA) is 51.2 Å². The Hall–Kier alpha value is -3.44. The second-order valence-electron chi connectivity index (χ2n) is 5.80. The molecule has 3 aromatic carbocycles. The van der Waals surface area contributed by atoms with Crippen LogP contribution in [0.2, 0.25) is 0 Å². The lowest BCUT2D eigenvalue weighted by molar-refractivity contribution is 0.102. The van der Waals surface area contributed by atoms with Gasteiger partial charge in [-0.2, -0.15) is 0 Å². The second-order valence-corrected chi connectivity index (χ2v) is 6.83. The van der Waals surface area contributed by atoms with E-state index in [0.29, 0.717) is 17.0 Å². The van der Waals surface area contributed by atoms with E-state index in [4.69, 9.17) is 4.74 Å². The van der Waals surface area contributed by atoms with E-state index in [-0.39, 0.29) is 5.91 Å². The third-order valence-corrected chi connectivity index (χ3v) is 5.08. The molecule has 1 N–H and O–H groups in total. The number of carbonyl (C=O) groups is 1. The monoisotopic (exact) mass is 372 g/mol. The molecule has 0 aliphatic heterocycles. The molecule has 0 atom stereocenters. The molecule has 27 heavy (non-hydrogen) atoms. The minimum Gasteiger partial charge on any atom is -0.465 e. The lowest BCUT2D eigenvalue weighted by atomic mass is 10.1. The molecule has 0 aliphatic rings. The summed E-state index contributed by atoms with van der Waals surface area (Å²) in [4.78, 5) is 17.1. The van der Waals surface area contributed by atoms with Gasteiger partial charge in [0, 0.05) is 17.3 Å². The van der Waals surface area contributed by atoms with Crippen LogP contribution in [0.3, 0.4) is 0 Å². The summed E-state index contributed by atoms with van der Waals surface area (Å²) in [6.07, 6.45) is 1.37. The van der Waals surface area contributed by atoms with Crippen molar-refractivity contribution in [2.75, 3.05) is 5.32 Å². The summed E-state index contributed by atoms with van der Waals surface area (Å²) < 4.78 is 6.70. The summed E-state index contributed by atoms with van der Waals surface area (Å²) in [6.45, 7) is 3.65. The van der Waals surface area contributed by atoms with E-state index in [9.17, 15) is 4.79 Å². The number of nitrogens with one attached hydrogen (secondary N) is 1. The average molecular weight is 372 g/mol. The molecular weight excluding hydrogens is 356 g/mol. The molecule has 0 unspecified atom stereocenters. The molecule has 0 fully saturated rings. The van der Waals surface area contributed by atoms with Crippen molar-refractivity contribution in [1.82, 2.24) is 4.98 Å². The van der Waals surface area contributed by atoms with Crippen LogP contribution < -0.4 is 10.1 Å². The third-order valence-electron chi connectivity index (χ3n) is 4.01. The van der Waals surface area contributed by atoms with Crippen molar-refractivity contribution in [1.29, 1.82) is 0 Å². The molecular formula is C22H16N2O2S. The molecule has 1 amide bonds. The molecule has 1 aromatic heterocycles. The molecule has 5 heteroatoms. The average Bonchev–Trinajstić information content (AvgIpc) is 3.13. The fourth-order valence-corrected chi connectivity index (χ4v) is 3.74. The molecule has 0 saturated carbocycles. The highest BCUT2D eigenvalue weighted by Gasteiger charge is 2.13. The number of anilines is 1. The third kappa shape index (κ3) is 3.59. The smallest absolute Gasteiger partial charge is 0.255 e. The van der Waals surface area contributed by atoms with Crippen LogP contribution in [0.4, 0.5) is 5.69 Å². The van der Waals surface area contributed by atoms with Crippen LogP contribution in [0, 0.1) is 0 Å². The number of amides is 1. The molecule has 4 rings (SSSR count). The van der Waals surface area contributed by atoms with Crippen LogP contribution in [0.1, 0.15) is 10.4 Å². The SMILES string of the molecule is C=COc1cc(NC(=O)c2ccccc2)ccc1-c1nc2ccccc2s1.